The largest absolute Gasteiger partial charge is 0.299 e. The number of hydrogen-bond acceptors (Lipinski definition) is 3. The normalized spacial score (nSPS) is 16.4. The Kier molecular flexibility index (Phi) is 3.55. The number of amides is 2. The van der Waals surface area contributed by atoms with Crippen LogP contribution in [0.15, 0.2) is 36.5 Å². The first kappa shape index (κ1) is 10.1. The summed E-state index contributed by atoms with van der Waals surface area (Å²) in [4.78, 5) is 33.0. The van der Waals surface area contributed by atoms with Gasteiger partial charge < -0.3 is 0 Å². The molecule has 0 radical (unpaired) electrons. The van der Waals surface area contributed by atoms with E-state index in [0.29, 0.717) is 6.29 Å². The second-order valence-corrected chi connectivity index (χ2v) is 2.57. The van der Waals surface area contributed by atoms with Gasteiger partial charge in [0.25, 0.3) is 11.8 Å². The van der Waals surface area contributed by atoms with E-state index in [9.17, 15) is 14.4 Å². The second kappa shape index (κ2) is 4.91. The summed E-state index contributed by atoms with van der Waals surface area (Å²) in [5, 5.41) is 0. The Morgan fingerprint density at radius 2 is 1.71 bits per heavy atom. The van der Waals surface area contributed by atoms with Crippen LogP contribution < -0.4 is 0 Å². The summed E-state index contributed by atoms with van der Waals surface area (Å²) in [5.41, 5.74) is 0. The highest BCUT2D eigenvalue weighted by molar-refractivity contribution is 6.12. The molecular weight excluding hydrogens is 182 g/mol. The fraction of sp³-hybridized carbons (Fsp3) is 0.100. The molecular formula is C10H9NO3. The fourth-order valence-corrected chi connectivity index (χ4v) is 0.965. The zero-order valence-electron chi connectivity index (χ0n) is 7.42. The van der Waals surface area contributed by atoms with Gasteiger partial charge >= 0.3 is 0 Å². The highest BCUT2D eigenvalue weighted by Crippen LogP contribution is 2.02. The molecule has 0 N–H and O–H groups in total. The lowest BCUT2D eigenvalue weighted by Crippen LogP contribution is -2.29. The van der Waals surface area contributed by atoms with Gasteiger partial charge in [0.1, 0.15) is 6.29 Å². The zero-order valence-corrected chi connectivity index (χ0v) is 7.42. The average Bonchev–Trinajstić information content (AvgIpc) is 2.48. The number of nitrogens with zero attached hydrogens (tertiary/aromatic N) is 1. The molecule has 0 aromatic heterocycles. The SMILES string of the molecule is O=C/C=C\C=C/CN1C(=O)C=CC1=O. The maximum atomic E-state index is 11.0. The van der Waals surface area contributed by atoms with Crippen LogP contribution >= 0.6 is 0 Å². The molecule has 0 spiro atoms. The minimum absolute atomic E-state index is 0.230. The molecule has 1 aliphatic heterocycles. The average molecular weight is 191 g/mol. The van der Waals surface area contributed by atoms with Crippen LogP contribution in [0.4, 0.5) is 0 Å². The quantitative estimate of drug-likeness (QED) is 0.276. The summed E-state index contributed by atoms with van der Waals surface area (Å²) < 4.78 is 0. The molecule has 0 atom stereocenters. The molecule has 0 unspecified atom stereocenters. The van der Waals surface area contributed by atoms with E-state index in [4.69, 9.17) is 0 Å². The Balaban J connectivity index is 2.42. The molecule has 4 heteroatoms. The van der Waals surface area contributed by atoms with Crippen LogP contribution in [0.3, 0.4) is 0 Å². The Morgan fingerprint density at radius 1 is 1.07 bits per heavy atom. The Bertz CT molecular complexity index is 321. The predicted octanol–water partition coefficient (Wildman–Crippen LogP) is 0.223. The first-order chi connectivity index (χ1) is 6.75. The van der Waals surface area contributed by atoms with Gasteiger partial charge in [0.15, 0.2) is 0 Å². The molecule has 14 heavy (non-hydrogen) atoms. The molecule has 0 fully saturated rings. The van der Waals surface area contributed by atoms with E-state index in [0.717, 1.165) is 4.90 Å². The van der Waals surface area contributed by atoms with Crippen LogP contribution in [-0.2, 0) is 14.4 Å². The minimum atomic E-state index is -0.306. The third-order valence-corrected chi connectivity index (χ3v) is 1.63. The van der Waals surface area contributed by atoms with Crippen molar-refractivity contribution >= 4 is 18.1 Å². The van der Waals surface area contributed by atoms with Crippen molar-refractivity contribution in [2.75, 3.05) is 6.54 Å². The Labute approximate surface area is 81.2 Å². The molecule has 2 amide bonds. The van der Waals surface area contributed by atoms with E-state index in [1.165, 1.54) is 24.3 Å². The van der Waals surface area contributed by atoms with Crippen LogP contribution in [0, 0.1) is 0 Å². The maximum Gasteiger partial charge on any atom is 0.253 e. The van der Waals surface area contributed by atoms with Gasteiger partial charge in [0, 0.05) is 18.7 Å². The molecule has 1 heterocycles. The summed E-state index contributed by atoms with van der Waals surface area (Å²) >= 11 is 0. The monoisotopic (exact) mass is 191 g/mol. The number of allylic oxidation sites excluding steroid dienone is 3. The Morgan fingerprint density at radius 3 is 2.29 bits per heavy atom. The highest BCUT2D eigenvalue weighted by atomic mass is 16.2. The molecule has 1 aliphatic rings. The number of carbonyl (C=O) groups excluding carboxylic acids is 3. The maximum absolute atomic E-state index is 11.0. The van der Waals surface area contributed by atoms with Crippen LogP contribution in [0.5, 0.6) is 0 Å². The van der Waals surface area contributed by atoms with E-state index in [-0.39, 0.29) is 18.4 Å². The number of hydrogen-bond donors (Lipinski definition) is 0. The van der Waals surface area contributed by atoms with E-state index in [1.807, 2.05) is 0 Å². The van der Waals surface area contributed by atoms with Crippen molar-refractivity contribution in [3.63, 3.8) is 0 Å². The number of carbonyl (C=O) groups is 3. The molecule has 4 nitrogen and oxygen atoms in total. The summed E-state index contributed by atoms with van der Waals surface area (Å²) in [7, 11) is 0. The molecule has 0 bridgehead atoms. The smallest absolute Gasteiger partial charge is 0.253 e. The lowest BCUT2D eigenvalue weighted by molar-refractivity contribution is -0.136. The molecule has 72 valence electrons. The third kappa shape index (κ3) is 2.52. The van der Waals surface area contributed by atoms with Crippen LogP contribution in [0.25, 0.3) is 0 Å². The van der Waals surface area contributed by atoms with Crippen molar-refractivity contribution in [3.05, 3.63) is 36.5 Å². The van der Waals surface area contributed by atoms with Gasteiger partial charge in [-0.3, -0.25) is 19.3 Å². The van der Waals surface area contributed by atoms with Crippen LogP contribution in [-0.4, -0.2) is 29.5 Å². The van der Waals surface area contributed by atoms with Crippen LogP contribution in [0.1, 0.15) is 0 Å². The molecule has 0 aliphatic carbocycles. The number of rotatable bonds is 4. The molecule has 0 saturated heterocycles. The third-order valence-electron chi connectivity index (χ3n) is 1.63. The topological polar surface area (TPSA) is 54.5 Å². The van der Waals surface area contributed by atoms with Crippen molar-refractivity contribution in [1.29, 1.82) is 0 Å². The zero-order chi connectivity index (χ0) is 10.4. The van der Waals surface area contributed by atoms with Gasteiger partial charge in [0.05, 0.1) is 0 Å². The molecule has 0 aromatic rings. The van der Waals surface area contributed by atoms with Gasteiger partial charge in [-0.2, -0.15) is 0 Å². The second-order valence-electron chi connectivity index (χ2n) is 2.57. The van der Waals surface area contributed by atoms with Gasteiger partial charge in [-0.05, 0) is 6.08 Å². The number of aldehydes is 1. The van der Waals surface area contributed by atoms with Gasteiger partial charge in [-0.25, -0.2) is 0 Å². The van der Waals surface area contributed by atoms with Crippen molar-refractivity contribution in [2.45, 2.75) is 0 Å². The first-order valence-corrected chi connectivity index (χ1v) is 4.06. The van der Waals surface area contributed by atoms with Gasteiger partial charge in [-0.15, -0.1) is 0 Å². The summed E-state index contributed by atoms with van der Waals surface area (Å²) in [6.07, 6.45) is 9.21. The van der Waals surface area contributed by atoms with Gasteiger partial charge in [-0.1, -0.05) is 18.2 Å². The van der Waals surface area contributed by atoms with Crippen molar-refractivity contribution < 1.29 is 14.4 Å². The standard InChI is InChI=1S/C10H9NO3/c12-8-4-2-1-3-7-11-9(13)5-6-10(11)14/h1-6,8H,7H2/b3-1-,4-2-. The fourth-order valence-electron chi connectivity index (χ4n) is 0.965. The lowest BCUT2D eigenvalue weighted by atomic mass is 10.4. The molecule has 0 saturated carbocycles. The predicted molar refractivity (Wildman–Crippen MR) is 50.2 cm³/mol. The van der Waals surface area contributed by atoms with E-state index >= 15 is 0 Å². The summed E-state index contributed by atoms with van der Waals surface area (Å²) in [5.74, 6) is -0.613. The highest BCUT2D eigenvalue weighted by Gasteiger charge is 2.21. The van der Waals surface area contributed by atoms with Crippen molar-refractivity contribution in [3.8, 4) is 0 Å². The van der Waals surface area contributed by atoms with E-state index < -0.39 is 0 Å². The Hall–Kier alpha value is -1.97. The molecule has 1 rings (SSSR count). The van der Waals surface area contributed by atoms with Crippen LogP contribution in [0.2, 0.25) is 0 Å². The van der Waals surface area contributed by atoms with Crippen molar-refractivity contribution in [1.82, 2.24) is 4.90 Å². The van der Waals surface area contributed by atoms with Crippen molar-refractivity contribution in [2.24, 2.45) is 0 Å². The molecule has 0 aromatic carbocycles. The summed E-state index contributed by atoms with van der Waals surface area (Å²) in [6, 6.07) is 0. The summed E-state index contributed by atoms with van der Waals surface area (Å²) in [6.45, 7) is 0.230. The first-order valence-electron chi connectivity index (χ1n) is 4.06. The van der Waals surface area contributed by atoms with Gasteiger partial charge in [0.2, 0.25) is 0 Å². The number of imide groups is 1. The van der Waals surface area contributed by atoms with E-state index in [1.54, 1.807) is 12.2 Å². The van der Waals surface area contributed by atoms with E-state index in [2.05, 4.69) is 0 Å². The minimum Gasteiger partial charge on any atom is -0.299 e. The lowest BCUT2D eigenvalue weighted by Gasteiger charge is -2.09.